The number of hydrogen-bond donors (Lipinski definition) is 1. The van der Waals surface area contributed by atoms with Crippen LogP contribution in [0.2, 0.25) is 0 Å². The first-order valence-corrected chi connectivity index (χ1v) is 6.77. The lowest BCUT2D eigenvalue weighted by atomic mass is 10.2. The predicted octanol–water partition coefficient (Wildman–Crippen LogP) is 1.64. The minimum atomic E-state index is 0.321. The summed E-state index contributed by atoms with van der Waals surface area (Å²) in [5, 5.41) is 4.46. The molecule has 0 aliphatic carbocycles. The summed E-state index contributed by atoms with van der Waals surface area (Å²) in [5.41, 5.74) is 0.888. The topological polar surface area (TPSA) is 50.5 Å². The fourth-order valence-electron chi connectivity index (χ4n) is 2.52. The van der Waals surface area contributed by atoms with Gasteiger partial charge in [0.25, 0.3) is 0 Å². The number of likely N-dealkylation sites (N-methyl/N-ethyl adjacent to an activating group) is 1. The van der Waals surface area contributed by atoms with Crippen molar-refractivity contribution >= 4 is 16.8 Å². The first kappa shape index (κ1) is 12.4. The van der Waals surface area contributed by atoms with Gasteiger partial charge in [-0.15, -0.1) is 0 Å². The molecule has 0 saturated carbocycles. The molecule has 3 rings (SSSR count). The highest BCUT2D eigenvalue weighted by molar-refractivity contribution is 5.88. The fourth-order valence-corrected chi connectivity index (χ4v) is 2.52. The van der Waals surface area contributed by atoms with E-state index in [4.69, 9.17) is 9.15 Å². The molecule has 1 fully saturated rings. The van der Waals surface area contributed by atoms with E-state index in [1.807, 2.05) is 12.1 Å². The summed E-state index contributed by atoms with van der Waals surface area (Å²) in [6.07, 6.45) is 3.52. The van der Waals surface area contributed by atoms with Crippen molar-refractivity contribution in [1.82, 2.24) is 10.3 Å². The number of rotatable bonds is 4. The first-order chi connectivity index (χ1) is 9.40. The summed E-state index contributed by atoms with van der Waals surface area (Å²) in [5.74, 6) is 0.998. The maximum atomic E-state index is 5.59. The Bertz CT molecular complexity index is 540. The molecule has 2 aromatic heterocycles. The Hall–Kier alpha value is -1.59. The molecular weight excluding hydrogens is 242 g/mol. The van der Waals surface area contributed by atoms with Crippen LogP contribution in [0.3, 0.4) is 0 Å². The summed E-state index contributed by atoms with van der Waals surface area (Å²) in [6, 6.07) is 4.21. The Labute approximate surface area is 112 Å². The highest BCUT2D eigenvalue weighted by Gasteiger charge is 2.25. The number of ether oxygens (including phenoxy) is 1. The van der Waals surface area contributed by atoms with Gasteiger partial charge in [0.2, 0.25) is 0 Å². The molecule has 19 heavy (non-hydrogen) atoms. The van der Waals surface area contributed by atoms with Crippen LogP contribution in [0.1, 0.15) is 6.92 Å². The summed E-state index contributed by atoms with van der Waals surface area (Å²) < 4.78 is 11.0. The molecule has 0 amide bonds. The lowest BCUT2D eigenvalue weighted by Crippen LogP contribution is -2.51. The van der Waals surface area contributed by atoms with Crippen molar-refractivity contribution < 1.29 is 9.15 Å². The van der Waals surface area contributed by atoms with Crippen LogP contribution >= 0.6 is 0 Å². The van der Waals surface area contributed by atoms with Gasteiger partial charge >= 0.3 is 0 Å². The van der Waals surface area contributed by atoms with Gasteiger partial charge in [0.1, 0.15) is 11.4 Å². The van der Waals surface area contributed by atoms with Crippen LogP contribution in [0.15, 0.2) is 29.0 Å². The van der Waals surface area contributed by atoms with Crippen LogP contribution < -0.4 is 10.2 Å². The number of anilines is 1. The second-order valence-corrected chi connectivity index (χ2v) is 4.70. The number of morpholine rings is 1. The predicted molar refractivity (Wildman–Crippen MR) is 74.5 cm³/mol. The van der Waals surface area contributed by atoms with Gasteiger partial charge in [-0.2, -0.15) is 0 Å². The van der Waals surface area contributed by atoms with Gasteiger partial charge in [-0.1, -0.05) is 6.92 Å². The number of nitrogens with zero attached hydrogens (tertiary/aromatic N) is 2. The van der Waals surface area contributed by atoms with Gasteiger partial charge in [0, 0.05) is 19.3 Å². The number of hydrogen-bond acceptors (Lipinski definition) is 5. The second-order valence-electron chi connectivity index (χ2n) is 4.70. The number of pyridine rings is 1. The minimum Gasteiger partial charge on any atom is -0.464 e. The van der Waals surface area contributed by atoms with E-state index in [0.717, 1.165) is 49.6 Å². The lowest BCUT2D eigenvalue weighted by molar-refractivity contribution is 0.0936. The van der Waals surface area contributed by atoms with Crippen LogP contribution in [-0.4, -0.2) is 43.9 Å². The first-order valence-electron chi connectivity index (χ1n) is 6.77. The molecule has 1 unspecified atom stereocenters. The third-order valence-electron chi connectivity index (χ3n) is 3.49. The Morgan fingerprint density at radius 1 is 1.47 bits per heavy atom. The van der Waals surface area contributed by atoms with Gasteiger partial charge in [0.15, 0.2) is 0 Å². The van der Waals surface area contributed by atoms with Gasteiger partial charge in [0.05, 0.1) is 30.9 Å². The third-order valence-corrected chi connectivity index (χ3v) is 3.49. The van der Waals surface area contributed by atoms with Gasteiger partial charge < -0.3 is 19.4 Å². The fraction of sp³-hybridized carbons (Fsp3) is 0.500. The summed E-state index contributed by atoms with van der Waals surface area (Å²) in [7, 11) is 0. The SMILES string of the molecule is CCNCC1COCCN1c1nccc2occc12. The summed E-state index contributed by atoms with van der Waals surface area (Å²) in [4.78, 5) is 6.87. The Balaban J connectivity index is 1.91. The van der Waals surface area contributed by atoms with Crippen LogP contribution in [-0.2, 0) is 4.74 Å². The van der Waals surface area contributed by atoms with E-state index >= 15 is 0 Å². The van der Waals surface area contributed by atoms with Gasteiger partial charge in [-0.25, -0.2) is 4.98 Å². The van der Waals surface area contributed by atoms with Crippen molar-refractivity contribution in [2.24, 2.45) is 0 Å². The van der Waals surface area contributed by atoms with Crippen LogP contribution in [0.5, 0.6) is 0 Å². The Kier molecular flexibility index (Phi) is 3.66. The molecule has 5 heteroatoms. The molecule has 0 aromatic carbocycles. The van der Waals surface area contributed by atoms with E-state index in [1.54, 1.807) is 12.5 Å². The minimum absolute atomic E-state index is 0.321. The molecular formula is C14H19N3O2. The third kappa shape index (κ3) is 2.43. The molecule has 0 radical (unpaired) electrons. The molecule has 0 bridgehead atoms. The molecule has 2 aromatic rings. The average Bonchev–Trinajstić information content (AvgIpc) is 2.94. The molecule has 1 saturated heterocycles. The average molecular weight is 261 g/mol. The van der Waals surface area contributed by atoms with Crippen LogP contribution in [0.4, 0.5) is 5.82 Å². The largest absolute Gasteiger partial charge is 0.464 e. The standard InChI is InChI=1S/C14H19N3O2/c1-2-15-9-11-10-18-8-6-17(11)14-12-4-7-19-13(12)3-5-16-14/h3-5,7,11,15H,2,6,8-10H2,1H3. The summed E-state index contributed by atoms with van der Waals surface area (Å²) >= 11 is 0. The number of fused-ring (bicyclic) bond motifs is 1. The zero-order valence-corrected chi connectivity index (χ0v) is 11.1. The van der Waals surface area contributed by atoms with Crippen molar-refractivity contribution in [1.29, 1.82) is 0 Å². The molecule has 1 N–H and O–H groups in total. The van der Waals surface area contributed by atoms with Crippen molar-refractivity contribution in [3.05, 3.63) is 24.6 Å². The number of aromatic nitrogens is 1. The molecule has 0 spiro atoms. The Morgan fingerprint density at radius 2 is 2.42 bits per heavy atom. The van der Waals surface area contributed by atoms with E-state index in [2.05, 4.69) is 22.1 Å². The smallest absolute Gasteiger partial charge is 0.140 e. The van der Waals surface area contributed by atoms with Crippen molar-refractivity contribution in [3.8, 4) is 0 Å². The molecule has 1 atom stereocenters. The van der Waals surface area contributed by atoms with Crippen molar-refractivity contribution in [3.63, 3.8) is 0 Å². The van der Waals surface area contributed by atoms with Crippen molar-refractivity contribution in [2.45, 2.75) is 13.0 Å². The van der Waals surface area contributed by atoms with E-state index < -0.39 is 0 Å². The van der Waals surface area contributed by atoms with E-state index in [-0.39, 0.29) is 0 Å². The molecule has 1 aliphatic rings. The molecule has 1 aliphatic heterocycles. The highest BCUT2D eigenvalue weighted by Crippen LogP contribution is 2.27. The molecule has 3 heterocycles. The zero-order chi connectivity index (χ0) is 13.1. The van der Waals surface area contributed by atoms with Gasteiger partial charge in [-0.05, 0) is 18.7 Å². The second kappa shape index (κ2) is 5.59. The van der Waals surface area contributed by atoms with E-state index in [0.29, 0.717) is 6.04 Å². The molecule has 5 nitrogen and oxygen atoms in total. The Morgan fingerprint density at radius 3 is 3.32 bits per heavy atom. The highest BCUT2D eigenvalue weighted by atomic mass is 16.5. The number of furan rings is 1. The van der Waals surface area contributed by atoms with Gasteiger partial charge in [-0.3, -0.25) is 0 Å². The zero-order valence-electron chi connectivity index (χ0n) is 11.1. The summed E-state index contributed by atoms with van der Waals surface area (Å²) in [6.45, 7) is 6.35. The van der Waals surface area contributed by atoms with E-state index in [9.17, 15) is 0 Å². The normalized spacial score (nSPS) is 20.1. The van der Waals surface area contributed by atoms with Crippen LogP contribution in [0.25, 0.3) is 11.0 Å². The molecule has 102 valence electrons. The lowest BCUT2D eigenvalue weighted by Gasteiger charge is -2.36. The van der Waals surface area contributed by atoms with Crippen molar-refractivity contribution in [2.75, 3.05) is 37.7 Å². The maximum absolute atomic E-state index is 5.59. The monoisotopic (exact) mass is 261 g/mol. The number of nitrogens with one attached hydrogen (secondary N) is 1. The quantitative estimate of drug-likeness (QED) is 0.906. The maximum Gasteiger partial charge on any atom is 0.140 e. The van der Waals surface area contributed by atoms with E-state index in [1.165, 1.54) is 0 Å². The van der Waals surface area contributed by atoms with Crippen LogP contribution in [0, 0.1) is 0 Å².